The van der Waals surface area contributed by atoms with Crippen molar-refractivity contribution in [3.63, 3.8) is 0 Å². The number of nitrogens with zero attached hydrogens (tertiary/aromatic N) is 1. The van der Waals surface area contributed by atoms with Gasteiger partial charge >= 0.3 is 0 Å². The Balaban J connectivity index is 1.51. The van der Waals surface area contributed by atoms with Crippen LogP contribution in [-0.4, -0.2) is 29.8 Å². The van der Waals surface area contributed by atoms with E-state index in [9.17, 15) is 9.59 Å². The predicted octanol–water partition coefficient (Wildman–Crippen LogP) is 2.55. The first kappa shape index (κ1) is 17.2. The standard InChI is InChI=1S/C19H23N3O3/c20-12-17-11-15(13-25-17)19(24)21-16-6-3-14(4-7-16)5-8-18(23)22-9-1-2-10-22/h3-4,6-7,11,13H,1-2,5,8-10,12,20H2,(H,21,24). The molecule has 0 aliphatic carbocycles. The molecule has 3 rings (SSSR count). The van der Waals surface area contributed by atoms with Gasteiger partial charge in [0, 0.05) is 25.2 Å². The van der Waals surface area contributed by atoms with Gasteiger partial charge in [-0.1, -0.05) is 12.1 Å². The topological polar surface area (TPSA) is 88.6 Å². The first-order chi connectivity index (χ1) is 12.2. The minimum Gasteiger partial charge on any atom is -0.467 e. The summed E-state index contributed by atoms with van der Waals surface area (Å²) in [6.45, 7) is 2.05. The first-order valence-electron chi connectivity index (χ1n) is 8.61. The fourth-order valence-electron chi connectivity index (χ4n) is 2.94. The molecule has 1 aromatic carbocycles. The van der Waals surface area contributed by atoms with Gasteiger partial charge in [-0.05, 0) is 43.0 Å². The summed E-state index contributed by atoms with van der Waals surface area (Å²) >= 11 is 0. The normalized spacial score (nSPS) is 13.9. The van der Waals surface area contributed by atoms with Gasteiger partial charge in [0.25, 0.3) is 5.91 Å². The number of rotatable bonds is 6. The Morgan fingerprint density at radius 1 is 1.16 bits per heavy atom. The molecule has 132 valence electrons. The lowest BCUT2D eigenvalue weighted by Crippen LogP contribution is -2.27. The number of benzene rings is 1. The number of carbonyl (C=O) groups is 2. The number of likely N-dealkylation sites (tertiary alicyclic amines) is 1. The van der Waals surface area contributed by atoms with Crippen LogP contribution in [0.25, 0.3) is 0 Å². The van der Waals surface area contributed by atoms with Gasteiger partial charge in [-0.15, -0.1) is 0 Å². The highest BCUT2D eigenvalue weighted by Gasteiger charge is 2.17. The first-order valence-corrected chi connectivity index (χ1v) is 8.61. The number of carbonyl (C=O) groups excluding carboxylic acids is 2. The van der Waals surface area contributed by atoms with Crippen LogP contribution in [-0.2, 0) is 17.8 Å². The minimum atomic E-state index is -0.236. The zero-order chi connectivity index (χ0) is 17.6. The van der Waals surface area contributed by atoms with Crippen LogP contribution >= 0.6 is 0 Å². The van der Waals surface area contributed by atoms with Crippen LogP contribution in [0.15, 0.2) is 41.0 Å². The van der Waals surface area contributed by atoms with Crippen LogP contribution < -0.4 is 11.1 Å². The summed E-state index contributed by atoms with van der Waals surface area (Å²) in [5.41, 5.74) is 7.70. The zero-order valence-electron chi connectivity index (χ0n) is 14.2. The molecule has 0 saturated carbocycles. The van der Waals surface area contributed by atoms with Crippen molar-refractivity contribution in [2.45, 2.75) is 32.2 Å². The number of aryl methyl sites for hydroxylation is 1. The molecule has 1 aliphatic rings. The Morgan fingerprint density at radius 3 is 2.52 bits per heavy atom. The zero-order valence-corrected chi connectivity index (χ0v) is 14.2. The molecule has 0 bridgehead atoms. The number of amides is 2. The van der Waals surface area contributed by atoms with Gasteiger partial charge < -0.3 is 20.4 Å². The van der Waals surface area contributed by atoms with E-state index in [0.29, 0.717) is 29.9 Å². The molecular weight excluding hydrogens is 318 g/mol. The van der Waals surface area contributed by atoms with Crippen molar-refractivity contribution in [2.24, 2.45) is 5.73 Å². The fraction of sp³-hybridized carbons (Fsp3) is 0.368. The van der Waals surface area contributed by atoms with E-state index in [1.807, 2.05) is 29.2 Å². The number of nitrogens with one attached hydrogen (secondary N) is 1. The van der Waals surface area contributed by atoms with Crippen molar-refractivity contribution < 1.29 is 14.0 Å². The van der Waals surface area contributed by atoms with Crippen LogP contribution in [0.2, 0.25) is 0 Å². The number of hydrogen-bond donors (Lipinski definition) is 2. The molecule has 25 heavy (non-hydrogen) atoms. The smallest absolute Gasteiger partial charge is 0.258 e. The molecule has 2 heterocycles. The molecule has 6 heteroatoms. The van der Waals surface area contributed by atoms with Crippen molar-refractivity contribution in [3.8, 4) is 0 Å². The summed E-state index contributed by atoms with van der Waals surface area (Å²) < 4.78 is 5.17. The highest BCUT2D eigenvalue weighted by Crippen LogP contribution is 2.15. The van der Waals surface area contributed by atoms with Gasteiger partial charge in [-0.2, -0.15) is 0 Å². The summed E-state index contributed by atoms with van der Waals surface area (Å²) in [7, 11) is 0. The summed E-state index contributed by atoms with van der Waals surface area (Å²) in [4.78, 5) is 26.1. The lowest BCUT2D eigenvalue weighted by Gasteiger charge is -2.15. The van der Waals surface area contributed by atoms with Gasteiger partial charge in [0.15, 0.2) is 0 Å². The van der Waals surface area contributed by atoms with Crippen LogP contribution in [0.3, 0.4) is 0 Å². The van der Waals surface area contributed by atoms with Gasteiger partial charge in [0.05, 0.1) is 12.1 Å². The van der Waals surface area contributed by atoms with E-state index in [4.69, 9.17) is 10.2 Å². The van der Waals surface area contributed by atoms with Gasteiger partial charge in [0.2, 0.25) is 5.91 Å². The molecule has 1 aliphatic heterocycles. The van der Waals surface area contributed by atoms with Gasteiger partial charge in [-0.25, -0.2) is 0 Å². The molecule has 6 nitrogen and oxygen atoms in total. The number of hydrogen-bond acceptors (Lipinski definition) is 4. The maximum atomic E-state index is 12.1. The van der Waals surface area contributed by atoms with Crippen molar-refractivity contribution in [1.82, 2.24) is 4.90 Å². The SMILES string of the molecule is NCc1cc(C(=O)Nc2ccc(CCC(=O)N3CCCC3)cc2)co1. The Kier molecular flexibility index (Phi) is 5.50. The van der Waals surface area contributed by atoms with Crippen molar-refractivity contribution in [3.05, 3.63) is 53.5 Å². The largest absolute Gasteiger partial charge is 0.467 e. The van der Waals surface area contributed by atoms with Gasteiger partial charge in [0.1, 0.15) is 12.0 Å². The fourth-order valence-corrected chi connectivity index (χ4v) is 2.94. The Hall–Kier alpha value is -2.60. The molecule has 0 spiro atoms. The molecular formula is C19H23N3O3. The van der Waals surface area contributed by atoms with E-state index in [1.54, 1.807) is 6.07 Å². The van der Waals surface area contributed by atoms with E-state index in [0.717, 1.165) is 31.5 Å². The van der Waals surface area contributed by atoms with E-state index >= 15 is 0 Å². The summed E-state index contributed by atoms with van der Waals surface area (Å²) in [5, 5.41) is 2.82. The van der Waals surface area contributed by atoms with E-state index in [2.05, 4.69) is 5.32 Å². The van der Waals surface area contributed by atoms with Crippen LogP contribution in [0.1, 0.15) is 40.9 Å². The molecule has 0 atom stereocenters. The maximum Gasteiger partial charge on any atom is 0.258 e. The third-order valence-corrected chi connectivity index (χ3v) is 4.42. The second kappa shape index (κ2) is 7.98. The Labute approximate surface area is 147 Å². The minimum absolute atomic E-state index is 0.227. The van der Waals surface area contributed by atoms with Crippen LogP contribution in [0, 0.1) is 0 Å². The summed E-state index contributed by atoms with van der Waals surface area (Å²) in [6.07, 6.45) is 4.87. The summed E-state index contributed by atoms with van der Waals surface area (Å²) in [5.74, 6) is 0.564. The molecule has 3 N–H and O–H groups in total. The second-order valence-electron chi connectivity index (χ2n) is 6.24. The molecule has 2 aromatic rings. The Morgan fingerprint density at radius 2 is 1.88 bits per heavy atom. The number of nitrogens with two attached hydrogens (primary N) is 1. The van der Waals surface area contributed by atoms with E-state index in [1.165, 1.54) is 6.26 Å². The molecule has 0 unspecified atom stereocenters. The lowest BCUT2D eigenvalue weighted by atomic mass is 10.1. The molecule has 2 amide bonds. The van der Waals surface area contributed by atoms with Crippen LogP contribution in [0.5, 0.6) is 0 Å². The average molecular weight is 341 g/mol. The van der Waals surface area contributed by atoms with E-state index in [-0.39, 0.29) is 18.4 Å². The van der Waals surface area contributed by atoms with Crippen molar-refractivity contribution in [1.29, 1.82) is 0 Å². The van der Waals surface area contributed by atoms with Gasteiger partial charge in [-0.3, -0.25) is 9.59 Å². The Bertz CT molecular complexity index is 731. The van der Waals surface area contributed by atoms with E-state index < -0.39 is 0 Å². The van der Waals surface area contributed by atoms with Crippen molar-refractivity contribution in [2.75, 3.05) is 18.4 Å². The predicted molar refractivity (Wildman–Crippen MR) is 95.1 cm³/mol. The van der Waals surface area contributed by atoms with Crippen LogP contribution in [0.4, 0.5) is 5.69 Å². The maximum absolute atomic E-state index is 12.1. The quantitative estimate of drug-likeness (QED) is 0.845. The lowest BCUT2D eigenvalue weighted by molar-refractivity contribution is -0.130. The molecule has 1 fully saturated rings. The number of furan rings is 1. The highest BCUT2D eigenvalue weighted by atomic mass is 16.3. The third kappa shape index (κ3) is 4.48. The highest BCUT2D eigenvalue weighted by molar-refractivity contribution is 6.04. The average Bonchev–Trinajstić information content (AvgIpc) is 3.32. The molecule has 1 aromatic heterocycles. The van der Waals surface area contributed by atoms with Crippen molar-refractivity contribution >= 4 is 17.5 Å². The molecule has 1 saturated heterocycles. The monoisotopic (exact) mass is 341 g/mol. The number of anilines is 1. The molecule has 0 radical (unpaired) electrons. The summed E-state index contributed by atoms with van der Waals surface area (Å²) in [6, 6.07) is 9.20. The third-order valence-electron chi connectivity index (χ3n) is 4.42. The second-order valence-corrected chi connectivity index (χ2v) is 6.24.